The van der Waals surface area contributed by atoms with E-state index in [1.807, 2.05) is 29.4 Å². The Morgan fingerprint density at radius 2 is 0.917 bits per heavy atom. The Hall–Kier alpha value is -6.28. The molecule has 0 aliphatic rings. The van der Waals surface area contributed by atoms with Crippen LogP contribution in [0.3, 0.4) is 0 Å². The topological polar surface area (TPSA) is 323 Å². The predicted molar refractivity (Wildman–Crippen MR) is 261 cm³/mol. The van der Waals surface area contributed by atoms with Gasteiger partial charge in [0.2, 0.25) is 26.0 Å². The van der Waals surface area contributed by atoms with Crippen LogP contribution in [-0.2, 0) is 62.2 Å². The van der Waals surface area contributed by atoms with Crippen molar-refractivity contribution in [2.75, 3.05) is 25.6 Å². The van der Waals surface area contributed by atoms with E-state index in [9.17, 15) is 68.5 Å². The Morgan fingerprint density at radius 3 is 1.19 bits per heavy atom. The Kier molecular flexibility index (Phi) is 19.6. The number of ketones is 2. The first-order valence-electron chi connectivity index (χ1n) is 21.8. The van der Waals surface area contributed by atoms with Gasteiger partial charge in [-0.3, -0.25) is 14.4 Å². The van der Waals surface area contributed by atoms with E-state index in [4.69, 9.17) is 5.73 Å². The molecule has 0 saturated carbocycles. The largest absolute Gasteiger partial charge is 0.478 e. The molecule has 0 unspecified atom stereocenters. The molecule has 4 rings (SSSR count). The van der Waals surface area contributed by atoms with Crippen LogP contribution in [0.5, 0.6) is 0 Å². The molecule has 1 amide bonds. The van der Waals surface area contributed by atoms with E-state index in [2.05, 4.69) is 0 Å². The summed E-state index contributed by atoms with van der Waals surface area (Å²) in [5.74, 6) is -9.26. The van der Waals surface area contributed by atoms with Crippen LogP contribution < -0.4 is 15.2 Å². The van der Waals surface area contributed by atoms with Gasteiger partial charge < -0.3 is 10.8 Å². The van der Waals surface area contributed by atoms with E-state index in [-0.39, 0.29) is 39.0 Å². The zero-order chi connectivity index (χ0) is 55.2. The monoisotopic (exact) mass is 1080 g/mol. The van der Waals surface area contributed by atoms with Crippen LogP contribution >= 0.6 is 0 Å². The summed E-state index contributed by atoms with van der Waals surface area (Å²) < 4.78 is 134. The number of aromatic carboxylic acids is 1. The first kappa shape index (κ1) is 60.0. The second-order valence-electron chi connectivity index (χ2n) is 17.6. The molecule has 72 heavy (non-hydrogen) atoms. The van der Waals surface area contributed by atoms with E-state index in [0.29, 0.717) is 28.3 Å². The summed E-state index contributed by atoms with van der Waals surface area (Å²) in [7, 11) is -14.7. The van der Waals surface area contributed by atoms with Crippen molar-refractivity contribution in [1.29, 1.82) is 10.5 Å². The van der Waals surface area contributed by atoms with Gasteiger partial charge in [-0.1, -0.05) is 55.4 Å². The number of amides is 1. The SMILES string of the molecule is CNS(=O)(=O)c1ccc(S(=O)(=O)CC(=O)Cc2c(C(C)C)cc(C#N)c(F)c2C(C)C)c(C(=O)O)c1.CNS(=O)(=O)c1ccc(S(=O)(=O)CC(=O)Cc2c(C(C)C)cc(C#N)c(F)c2C(C)C)c(C(N)=O)c1. The lowest BCUT2D eigenvalue weighted by atomic mass is 9.84. The Balaban J connectivity index is 0.000000380. The van der Waals surface area contributed by atoms with Crippen LogP contribution in [0.4, 0.5) is 8.78 Å². The number of Topliss-reactive ketones (excluding diaryl/α,β-unsaturated/α-hetero) is 2. The number of sulfonamides is 2. The summed E-state index contributed by atoms with van der Waals surface area (Å²) >= 11 is 0. The lowest BCUT2D eigenvalue weighted by Gasteiger charge is -2.21. The smallest absolute Gasteiger partial charge is 0.337 e. The number of nitriles is 2. The number of carbonyl (C=O) groups is 4. The summed E-state index contributed by atoms with van der Waals surface area (Å²) in [6.45, 7) is 14.0. The normalized spacial score (nSPS) is 12.1. The number of carboxylic acid groups (broad SMARTS) is 1. The molecule has 0 aromatic heterocycles. The summed E-state index contributed by atoms with van der Waals surface area (Å²) in [6.07, 6.45) is -0.863. The summed E-state index contributed by atoms with van der Waals surface area (Å²) in [6, 6.07) is 11.5. The van der Waals surface area contributed by atoms with Crippen molar-refractivity contribution in [3.63, 3.8) is 0 Å². The van der Waals surface area contributed by atoms with E-state index >= 15 is 8.78 Å². The van der Waals surface area contributed by atoms with Gasteiger partial charge in [-0.25, -0.2) is 56.7 Å². The zero-order valence-corrected chi connectivity index (χ0v) is 44.2. The maximum atomic E-state index is 15.0. The minimum absolute atomic E-state index is 0.149. The number of primary amides is 1. The molecule has 0 radical (unpaired) electrons. The van der Waals surface area contributed by atoms with E-state index < -0.39 is 137 Å². The maximum Gasteiger partial charge on any atom is 0.337 e. The van der Waals surface area contributed by atoms with Crippen molar-refractivity contribution in [2.45, 2.75) is 111 Å². The second-order valence-corrected chi connectivity index (χ2v) is 25.3. The van der Waals surface area contributed by atoms with Gasteiger partial charge in [-0.2, -0.15) is 10.5 Å². The van der Waals surface area contributed by atoms with Crippen LogP contribution in [-0.4, -0.2) is 87.8 Å². The third kappa shape index (κ3) is 13.6. The molecule has 0 saturated heterocycles. The molecule has 0 fully saturated rings. The number of halogens is 2. The van der Waals surface area contributed by atoms with Crippen molar-refractivity contribution in [3.05, 3.63) is 116 Å². The summed E-state index contributed by atoms with van der Waals surface area (Å²) in [5.41, 5.74) is 5.63. The highest BCUT2D eigenvalue weighted by molar-refractivity contribution is 7.92. The first-order valence-corrected chi connectivity index (χ1v) is 28.1. The van der Waals surface area contributed by atoms with Gasteiger partial charge in [0.25, 0.3) is 0 Å². The fourth-order valence-corrected chi connectivity index (χ4v) is 12.2. The van der Waals surface area contributed by atoms with Crippen LogP contribution in [0.15, 0.2) is 68.1 Å². The Morgan fingerprint density at radius 1 is 0.583 bits per heavy atom. The quantitative estimate of drug-likeness (QED) is 0.0828. The molecule has 0 atom stereocenters. The van der Waals surface area contributed by atoms with E-state index in [1.54, 1.807) is 47.6 Å². The average molecular weight is 1080 g/mol. The fraction of sp³-hybridized carbons (Fsp3) is 0.375. The lowest BCUT2D eigenvalue weighted by Crippen LogP contribution is -2.25. The molecule has 0 spiro atoms. The third-order valence-corrected chi connectivity index (χ3v) is 17.5. The fourth-order valence-electron chi connectivity index (χ4n) is 7.84. The first-order chi connectivity index (χ1) is 33.1. The van der Waals surface area contributed by atoms with Crippen molar-refractivity contribution < 1.29 is 66.7 Å². The minimum Gasteiger partial charge on any atom is -0.478 e. The number of nitrogens with two attached hydrogens (primary N) is 1. The lowest BCUT2D eigenvalue weighted by molar-refractivity contribution is -0.117. The zero-order valence-electron chi connectivity index (χ0n) is 41.0. The van der Waals surface area contributed by atoms with Gasteiger partial charge in [0.1, 0.15) is 35.3 Å². The number of carboxylic acids is 1. The number of rotatable bonds is 20. The molecule has 0 heterocycles. The highest BCUT2D eigenvalue weighted by Gasteiger charge is 2.32. The van der Waals surface area contributed by atoms with Crippen molar-refractivity contribution >= 4 is 63.2 Å². The van der Waals surface area contributed by atoms with Crippen molar-refractivity contribution in [2.24, 2.45) is 5.73 Å². The highest BCUT2D eigenvalue weighted by atomic mass is 32.2. The minimum atomic E-state index is -4.51. The van der Waals surface area contributed by atoms with E-state index in [0.717, 1.165) is 44.4 Å². The summed E-state index contributed by atoms with van der Waals surface area (Å²) in [5, 5.41) is 28.1. The Labute approximate surface area is 418 Å². The molecule has 0 aliphatic carbocycles. The predicted octanol–water partition coefficient (Wildman–Crippen LogP) is 5.67. The maximum absolute atomic E-state index is 15.0. The number of benzene rings is 4. The molecule has 24 heteroatoms. The number of hydrogen-bond acceptors (Lipinski definition) is 14. The number of carbonyl (C=O) groups excluding carboxylic acids is 3. The van der Waals surface area contributed by atoms with Gasteiger partial charge in [-0.15, -0.1) is 0 Å². The van der Waals surface area contributed by atoms with Gasteiger partial charge >= 0.3 is 5.97 Å². The third-order valence-electron chi connectivity index (χ3n) is 11.2. The molecule has 0 bridgehead atoms. The van der Waals surface area contributed by atoms with Crippen LogP contribution in [0, 0.1) is 34.3 Å². The van der Waals surface area contributed by atoms with Crippen LogP contribution in [0.2, 0.25) is 0 Å². The Bertz CT molecular complexity index is 3170. The standard InChI is InChI=1S/C24H28FN3O6S2.C24H27FN2O7S2/c1-13(2)18-8-15(11-26)23(25)22(14(3)4)19(18)9-16(29)12-35(31,32)21-7-6-17(36(33,34)28-5)10-20(21)24(27)30;1-13(2)18-8-15(11-26)23(25)22(14(3)4)19(18)9-16(28)12-35(31,32)21-7-6-17(36(33,34)27-5)10-20(21)24(29)30/h6-8,10,13-14,28H,9,12H2,1-5H3,(H2,27,30);6-8,10,13-14,27H,9,12H2,1-5H3,(H,29,30). The van der Waals surface area contributed by atoms with Gasteiger partial charge in [0.15, 0.2) is 31.2 Å². The molecule has 4 aromatic rings. The van der Waals surface area contributed by atoms with Crippen LogP contribution in [0.1, 0.15) is 144 Å². The van der Waals surface area contributed by atoms with Crippen LogP contribution in [0.25, 0.3) is 0 Å². The molecule has 4 aromatic carbocycles. The number of sulfone groups is 2. The van der Waals surface area contributed by atoms with Crippen molar-refractivity contribution in [1.82, 2.24) is 9.44 Å². The number of nitrogens with zero attached hydrogens (tertiary/aromatic N) is 2. The molecule has 0 aliphatic heterocycles. The molecule has 5 N–H and O–H groups in total. The molecular weight excluding hydrogens is 1020 g/mol. The summed E-state index contributed by atoms with van der Waals surface area (Å²) in [4.78, 5) is 47.5. The second kappa shape index (κ2) is 23.5. The average Bonchev–Trinajstić information content (AvgIpc) is 3.27. The number of hydrogen-bond donors (Lipinski definition) is 4. The van der Waals surface area contributed by atoms with Crippen molar-refractivity contribution in [3.8, 4) is 12.1 Å². The highest BCUT2D eigenvalue weighted by Crippen LogP contribution is 2.35. The number of nitrogens with one attached hydrogen (secondary N) is 2. The molecule has 388 valence electrons. The van der Waals surface area contributed by atoms with E-state index in [1.165, 1.54) is 12.1 Å². The molecule has 18 nitrogen and oxygen atoms in total. The van der Waals surface area contributed by atoms with Gasteiger partial charge in [-0.05, 0) is 120 Å². The van der Waals surface area contributed by atoms with Gasteiger partial charge in [0, 0.05) is 12.8 Å². The van der Waals surface area contributed by atoms with Gasteiger partial charge in [0.05, 0.1) is 41.8 Å². The molecular formula is C48H55F2N5O13S4.